The van der Waals surface area contributed by atoms with E-state index in [1.165, 1.54) is 0 Å². The molecule has 0 aromatic rings. The molecule has 0 rings (SSSR count). The van der Waals surface area contributed by atoms with Gasteiger partial charge in [-0.25, -0.2) is 0 Å². The Morgan fingerprint density at radius 2 is 1.42 bits per heavy atom. The van der Waals surface area contributed by atoms with E-state index in [1.54, 1.807) is 28.2 Å². The van der Waals surface area contributed by atoms with Crippen molar-refractivity contribution in [1.82, 2.24) is 0 Å². The highest BCUT2D eigenvalue weighted by atomic mass is 16.5. The van der Waals surface area contributed by atoms with Gasteiger partial charge in [-0.3, -0.25) is 0 Å². The second-order valence-electron chi connectivity index (χ2n) is 3.42. The van der Waals surface area contributed by atoms with E-state index in [9.17, 15) is 5.11 Å². The number of hydrogen-bond acceptors (Lipinski definition) is 2. The molecule has 0 amide bonds. The highest BCUT2D eigenvalue weighted by Gasteiger charge is 2.34. The molecule has 1 N–H and O–H groups in total. The Labute approximate surface area is 77.6 Å². The number of aliphatic hydroxyl groups is 1. The summed E-state index contributed by atoms with van der Waals surface area (Å²) in [5.74, 6) is 0. The molecule has 12 heavy (non-hydrogen) atoms. The SMILES string of the molecule is CC.C[B]OC(C)(C)C(C)(C)O. The summed E-state index contributed by atoms with van der Waals surface area (Å²) in [5, 5.41) is 9.53. The van der Waals surface area contributed by atoms with Crippen LogP contribution in [0.25, 0.3) is 0 Å². The summed E-state index contributed by atoms with van der Waals surface area (Å²) < 4.78 is 5.22. The van der Waals surface area contributed by atoms with Gasteiger partial charge in [-0.2, -0.15) is 0 Å². The zero-order valence-corrected chi connectivity index (χ0v) is 9.43. The fraction of sp³-hybridized carbons (Fsp3) is 1.00. The zero-order valence-electron chi connectivity index (χ0n) is 9.43. The predicted octanol–water partition coefficient (Wildman–Crippen LogP) is 2.25. The van der Waals surface area contributed by atoms with E-state index in [4.69, 9.17) is 4.65 Å². The van der Waals surface area contributed by atoms with E-state index in [0.717, 1.165) is 0 Å². The van der Waals surface area contributed by atoms with Crippen LogP contribution in [0.1, 0.15) is 41.5 Å². The molecule has 3 heteroatoms. The average molecular weight is 173 g/mol. The van der Waals surface area contributed by atoms with Gasteiger partial charge in [0, 0.05) is 0 Å². The summed E-state index contributed by atoms with van der Waals surface area (Å²) in [6.45, 7) is 13.0. The Balaban J connectivity index is 0. The molecule has 0 fully saturated rings. The number of hydrogen-bond donors (Lipinski definition) is 1. The van der Waals surface area contributed by atoms with Gasteiger partial charge in [-0.05, 0) is 27.7 Å². The largest absolute Gasteiger partial charge is 0.433 e. The highest BCUT2D eigenvalue weighted by molar-refractivity contribution is 6.25. The number of rotatable bonds is 3. The van der Waals surface area contributed by atoms with Crippen molar-refractivity contribution in [3.8, 4) is 0 Å². The molecular formula is C9H22BO2. The monoisotopic (exact) mass is 173 g/mol. The lowest BCUT2D eigenvalue weighted by atomic mass is 9.87. The van der Waals surface area contributed by atoms with Gasteiger partial charge in [0.25, 0.3) is 7.48 Å². The summed E-state index contributed by atoms with van der Waals surface area (Å²) in [5.41, 5.74) is -1.32. The first-order valence-corrected chi connectivity index (χ1v) is 4.49. The van der Waals surface area contributed by atoms with Crippen LogP contribution in [0.15, 0.2) is 0 Å². The van der Waals surface area contributed by atoms with Crippen molar-refractivity contribution in [2.24, 2.45) is 0 Å². The molecule has 0 aliphatic heterocycles. The lowest BCUT2D eigenvalue weighted by molar-refractivity contribution is -0.0899. The minimum absolute atomic E-state index is 0.512. The molecule has 0 atom stereocenters. The fourth-order valence-electron chi connectivity index (χ4n) is 0.439. The molecule has 0 aromatic heterocycles. The van der Waals surface area contributed by atoms with Gasteiger partial charge in [0.2, 0.25) is 0 Å². The first-order chi connectivity index (χ1) is 5.31. The van der Waals surface area contributed by atoms with Crippen molar-refractivity contribution in [1.29, 1.82) is 0 Å². The van der Waals surface area contributed by atoms with E-state index < -0.39 is 11.2 Å². The van der Waals surface area contributed by atoms with Crippen LogP contribution >= 0.6 is 0 Å². The smallest absolute Gasteiger partial charge is 0.289 e. The van der Waals surface area contributed by atoms with Crippen molar-refractivity contribution in [2.45, 2.75) is 59.6 Å². The van der Waals surface area contributed by atoms with Crippen molar-refractivity contribution >= 4 is 7.48 Å². The van der Waals surface area contributed by atoms with E-state index in [1.807, 2.05) is 27.7 Å². The first-order valence-electron chi connectivity index (χ1n) is 4.49. The Kier molecular flexibility index (Phi) is 6.77. The van der Waals surface area contributed by atoms with E-state index in [0.29, 0.717) is 0 Å². The van der Waals surface area contributed by atoms with Crippen LogP contribution in [-0.2, 0) is 4.65 Å². The van der Waals surface area contributed by atoms with Gasteiger partial charge in [-0.15, -0.1) is 0 Å². The molecule has 0 bridgehead atoms. The van der Waals surface area contributed by atoms with Gasteiger partial charge >= 0.3 is 0 Å². The van der Waals surface area contributed by atoms with Gasteiger partial charge in [0.1, 0.15) is 0 Å². The maximum Gasteiger partial charge on any atom is 0.289 e. The van der Waals surface area contributed by atoms with Gasteiger partial charge < -0.3 is 9.76 Å². The molecule has 73 valence electrons. The van der Waals surface area contributed by atoms with E-state index >= 15 is 0 Å². The van der Waals surface area contributed by atoms with Crippen LogP contribution in [0.5, 0.6) is 0 Å². The lowest BCUT2D eigenvalue weighted by Gasteiger charge is -2.37. The fourth-order valence-corrected chi connectivity index (χ4v) is 0.439. The topological polar surface area (TPSA) is 29.5 Å². The Morgan fingerprint density at radius 3 is 1.50 bits per heavy atom. The summed E-state index contributed by atoms with van der Waals surface area (Å²) in [6.07, 6.45) is 0. The van der Waals surface area contributed by atoms with Crippen LogP contribution in [-0.4, -0.2) is 23.8 Å². The molecule has 0 unspecified atom stereocenters. The molecule has 0 heterocycles. The summed E-state index contributed by atoms with van der Waals surface area (Å²) in [7, 11) is 1.60. The minimum Gasteiger partial charge on any atom is -0.433 e. The summed E-state index contributed by atoms with van der Waals surface area (Å²) in [4.78, 5) is 0. The second kappa shape index (κ2) is 5.60. The molecule has 0 saturated heterocycles. The molecule has 2 nitrogen and oxygen atoms in total. The third kappa shape index (κ3) is 4.78. The average Bonchev–Trinajstić information content (AvgIpc) is 1.89. The molecule has 1 radical (unpaired) electrons. The van der Waals surface area contributed by atoms with Crippen LogP contribution in [0, 0.1) is 0 Å². The molecule has 0 spiro atoms. The third-order valence-corrected chi connectivity index (χ3v) is 1.89. The first kappa shape index (κ1) is 14.5. The minimum atomic E-state index is -0.806. The normalized spacial score (nSPS) is 11.7. The second-order valence-corrected chi connectivity index (χ2v) is 3.42. The Hall–Kier alpha value is -0.0151. The lowest BCUT2D eigenvalue weighted by Crippen LogP contribution is -2.47. The standard InChI is InChI=1S/C7H16BO2.C2H6/c1-6(2,9)7(3,4)10-8-5;1-2/h9H,1-5H3;1-2H3. The van der Waals surface area contributed by atoms with Crippen molar-refractivity contribution in [3.63, 3.8) is 0 Å². The highest BCUT2D eigenvalue weighted by Crippen LogP contribution is 2.23. The molecule has 0 aliphatic carbocycles. The van der Waals surface area contributed by atoms with E-state index in [2.05, 4.69) is 0 Å². The van der Waals surface area contributed by atoms with Crippen LogP contribution in [0.4, 0.5) is 0 Å². The van der Waals surface area contributed by atoms with Crippen molar-refractivity contribution in [2.75, 3.05) is 0 Å². The molecule has 0 aromatic carbocycles. The zero-order chi connectivity index (χ0) is 10.4. The van der Waals surface area contributed by atoms with E-state index in [-0.39, 0.29) is 0 Å². The van der Waals surface area contributed by atoms with Gasteiger partial charge in [-0.1, -0.05) is 20.7 Å². The van der Waals surface area contributed by atoms with Crippen LogP contribution in [0.2, 0.25) is 6.82 Å². The van der Waals surface area contributed by atoms with Gasteiger partial charge in [0.15, 0.2) is 0 Å². The predicted molar refractivity (Wildman–Crippen MR) is 54.4 cm³/mol. The summed E-state index contributed by atoms with van der Waals surface area (Å²) >= 11 is 0. The summed E-state index contributed by atoms with van der Waals surface area (Å²) in [6, 6.07) is 0. The molecule has 0 aliphatic rings. The van der Waals surface area contributed by atoms with Crippen molar-refractivity contribution in [3.05, 3.63) is 0 Å². The van der Waals surface area contributed by atoms with Crippen LogP contribution in [0.3, 0.4) is 0 Å². The van der Waals surface area contributed by atoms with Crippen LogP contribution < -0.4 is 0 Å². The van der Waals surface area contributed by atoms with Gasteiger partial charge in [0.05, 0.1) is 11.2 Å². The molecular weight excluding hydrogens is 151 g/mol. The third-order valence-electron chi connectivity index (χ3n) is 1.89. The Bertz CT molecular complexity index is 106. The Morgan fingerprint density at radius 1 is 1.08 bits per heavy atom. The molecule has 0 saturated carbocycles. The maximum absolute atomic E-state index is 9.53. The van der Waals surface area contributed by atoms with Crippen molar-refractivity contribution < 1.29 is 9.76 Å². The maximum atomic E-state index is 9.53. The quantitative estimate of drug-likeness (QED) is 0.663.